The highest BCUT2D eigenvalue weighted by Crippen LogP contribution is 2.38. The van der Waals surface area contributed by atoms with Crippen LogP contribution in [-0.2, 0) is 6.54 Å². The Morgan fingerprint density at radius 2 is 1.58 bits per heavy atom. The van der Waals surface area contributed by atoms with Crippen LogP contribution < -0.4 is 25.3 Å². The second-order valence-corrected chi connectivity index (χ2v) is 4.98. The van der Waals surface area contributed by atoms with Crippen molar-refractivity contribution < 1.29 is 14.2 Å². The van der Waals surface area contributed by atoms with Crippen molar-refractivity contribution in [2.45, 2.75) is 25.9 Å². The topological polar surface area (TPSA) is 65.7 Å². The Morgan fingerprint density at radius 3 is 1.95 bits per heavy atom. The highest BCUT2D eigenvalue weighted by molar-refractivity contribution is 5.53. The molecule has 19 heavy (non-hydrogen) atoms. The third-order valence-electron chi connectivity index (χ3n) is 3.01. The zero-order valence-corrected chi connectivity index (χ0v) is 12.4. The third kappa shape index (κ3) is 4.01. The zero-order chi connectivity index (χ0) is 14.5. The maximum absolute atomic E-state index is 5.70. The summed E-state index contributed by atoms with van der Waals surface area (Å²) in [7, 11) is 4.81. The van der Waals surface area contributed by atoms with E-state index in [4.69, 9.17) is 19.9 Å². The smallest absolute Gasteiger partial charge is 0.203 e. The van der Waals surface area contributed by atoms with Crippen LogP contribution >= 0.6 is 0 Å². The molecule has 0 spiro atoms. The molecule has 5 heteroatoms. The number of ether oxygens (including phenoxy) is 3. The van der Waals surface area contributed by atoms with E-state index in [1.807, 2.05) is 12.1 Å². The highest BCUT2D eigenvalue weighted by Gasteiger charge is 2.16. The molecule has 0 atom stereocenters. The summed E-state index contributed by atoms with van der Waals surface area (Å²) in [6, 6.07) is 3.86. The van der Waals surface area contributed by atoms with E-state index < -0.39 is 0 Å². The molecule has 1 aromatic carbocycles. The molecule has 3 N–H and O–H groups in total. The highest BCUT2D eigenvalue weighted by atomic mass is 16.5. The van der Waals surface area contributed by atoms with Crippen LogP contribution in [0.5, 0.6) is 17.2 Å². The van der Waals surface area contributed by atoms with Gasteiger partial charge in [-0.2, -0.15) is 0 Å². The lowest BCUT2D eigenvalue weighted by Gasteiger charge is -2.24. The molecule has 0 aromatic heterocycles. The molecule has 0 radical (unpaired) electrons. The molecule has 0 heterocycles. The van der Waals surface area contributed by atoms with Crippen molar-refractivity contribution in [1.29, 1.82) is 0 Å². The summed E-state index contributed by atoms with van der Waals surface area (Å²) in [6.45, 7) is 5.37. The molecule has 0 aliphatic rings. The first-order chi connectivity index (χ1) is 8.97. The van der Waals surface area contributed by atoms with E-state index in [1.54, 1.807) is 21.3 Å². The van der Waals surface area contributed by atoms with Gasteiger partial charge in [-0.25, -0.2) is 0 Å². The lowest BCUT2D eigenvalue weighted by Crippen LogP contribution is -2.45. The van der Waals surface area contributed by atoms with E-state index in [1.165, 1.54) is 0 Å². The third-order valence-corrected chi connectivity index (χ3v) is 3.01. The monoisotopic (exact) mass is 268 g/mol. The van der Waals surface area contributed by atoms with Crippen LogP contribution in [0.25, 0.3) is 0 Å². The minimum absolute atomic E-state index is 0.111. The van der Waals surface area contributed by atoms with Gasteiger partial charge in [0.05, 0.1) is 21.3 Å². The molecule has 0 saturated heterocycles. The standard InChI is InChI=1S/C14H24N2O3/c1-14(2,9-15)16-8-10-6-11(17-3)13(19-5)12(7-10)18-4/h6-7,16H,8-9,15H2,1-5H3. The molecule has 0 aliphatic carbocycles. The molecule has 0 amide bonds. The molecule has 0 unspecified atom stereocenters. The van der Waals surface area contributed by atoms with Gasteiger partial charge >= 0.3 is 0 Å². The molecule has 0 bridgehead atoms. The van der Waals surface area contributed by atoms with Gasteiger partial charge in [-0.3, -0.25) is 0 Å². The Hall–Kier alpha value is -1.46. The Morgan fingerprint density at radius 1 is 1.05 bits per heavy atom. The van der Waals surface area contributed by atoms with Crippen LogP contribution in [0.4, 0.5) is 0 Å². The zero-order valence-electron chi connectivity index (χ0n) is 12.4. The van der Waals surface area contributed by atoms with E-state index in [2.05, 4.69) is 19.2 Å². The Labute approximate surface area is 115 Å². The first-order valence-electron chi connectivity index (χ1n) is 6.21. The van der Waals surface area contributed by atoms with Crippen molar-refractivity contribution >= 4 is 0 Å². The fourth-order valence-electron chi connectivity index (χ4n) is 1.65. The predicted molar refractivity (Wildman–Crippen MR) is 76.1 cm³/mol. The van der Waals surface area contributed by atoms with Gasteiger partial charge in [0.2, 0.25) is 5.75 Å². The minimum atomic E-state index is -0.111. The van der Waals surface area contributed by atoms with Crippen LogP contribution in [0.15, 0.2) is 12.1 Å². The minimum Gasteiger partial charge on any atom is -0.493 e. The first-order valence-corrected chi connectivity index (χ1v) is 6.21. The van der Waals surface area contributed by atoms with E-state index in [0.717, 1.165) is 5.56 Å². The van der Waals surface area contributed by atoms with E-state index in [0.29, 0.717) is 30.3 Å². The van der Waals surface area contributed by atoms with Gasteiger partial charge < -0.3 is 25.3 Å². The van der Waals surface area contributed by atoms with E-state index in [9.17, 15) is 0 Å². The van der Waals surface area contributed by atoms with Gasteiger partial charge in [0.25, 0.3) is 0 Å². The maximum Gasteiger partial charge on any atom is 0.203 e. The Balaban J connectivity index is 2.97. The van der Waals surface area contributed by atoms with Crippen molar-refractivity contribution in [3.8, 4) is 17.2 Å². The molecule has 0 fully saturated rings. The van der Waals surface area contributed by atoms with Crippen LogP contribution in [0.3, 0.4) is 0 Å². The molecule has 108 valence electrons. The van der Waals surface area contributed by atoms with Gasteiger partial charge in [0.1, 0.15) is 0 Å². The summed E-state index contributed by atoms with van der Waals surface area (Å²) in [5, 5.41) is 3.39. The quantitative estimate of drug-likeness (QED) is 0.785. The number of hydrogen-bond acceptors (Lipinski definition) is 5. The summed E-state index contributed by atoms with van der Waals surface area (Å²) >= 11 is 0. The Kier molecular flexibility index (Phi) is 5.44. The maximum atomic E-state index is 5.70. The van der Waals surface area contributed by atoms with Crippen molar-refractivity contribution in [2.75, 3.05) is 27.9 Å². The lowest BCUT2D eigenvalue weighted by molar-refractivity contribution is 0.323. The SMILES string of the molecule is COc1cc(CNC(C)(C)CN)cc(OC)c1OC. The first kappa shape index (κ1) is 15.6. The van der Waals surface area contributed by atoms with Crippen LogP contribution in [0, 0.1) is 0 Å². The fourth-order valence-corrected chi connectivity index (χ4v) is 1.65. The molecule has 1 rings (SSSR count). The number of methoxy groups -OCH3 is 3. The number of benzene rings is 1. The molecule has 0 aliphatic heterocycles. The van der Waals surface area contributed by atoms with Gasteiger partial charge in [-0.15, -0.1) is 0 Å². The summed E-state index contributed by atoms with van der Waals surface area (Å²) < 4.78 is 15.9. The number of hydrogen-bond donors (Lipinski definition) is 2. The molecule has 0 saturated carbocycles. The number of rotatable bonds is 7. The second-order valence-electron chi connectivity index (χ2n) is 4.98. The fraction of sp³-hybridized carbons (Fsp3) is 0.571. The lowest BCUT2D eigenvalue weighted by atomic mass is 10.1. The second kappa shape index (κ2) is 6.63. The summed E-state index contributed by atoms with van der Waals surface area (Å²) in [5.41, 5.74) is 6.64. The molecular formula is C14H24N2O3. The van der Waals surface area contributed by atoms with Crippen LogP contribution in [0.2, 0.25) is 0 Å². The van der Waals surface area contributed by atoms with Gasteiger partial charge in [0.15, 0.2) is 11.5 Å². The molecular weight excluding hydrogens is 244 g/mol. The van der Waals surface area contributed by atoms with Crippen LogP contribution in [0.1, 0.15) is 19.4 Å². The average molecular weight is 268 g/mol. The van der Waals surface area contributed by atoms with E-state index >= 15 is 0 Å². The van der Waals surface area contributed by atoms with Crippen molar-refractivity contribution in [3.63, 3.8) is 0 Å². The normalized spacial score (nSPS) is 11.3. The summed E-state index contributed by atoms with van der Waals surface area (Å²) in [4.78, 5) is 0. The van der Waals surface area contributed by atoms with Crippen molar-refractivity contribution in [2.24, 2.45) is 5.73 Å². The molecule has 5 nitrogen and oxygen atoms in total. The molecule has 1 aromatic rings. The van der Waals surface area contributed by atoms with Crippen LogP contribution in [-0.4, -0.2) is 33.4 Å². The van der Waals surface area contributed by atoms with Crippen molar-refractivity contribution in [3.05, 3.63) is 17.7 Å². The largest absolute Gasteiger partial charge is 0.493 e. The van der Waals surface area contributed by atoms with Gasteiger partial charge in [-0.05, 0) is 31.5 Å². The average Bonchev–Trinajstić information content (AvgIpc) is 2.43. The van der Waals surface area contributed by atoms with Gasteiger partial charge in [-0.1, -0.05) is 0 Å². The number of nitrogens with one attached hydrogen (secondary N) is 1. The van der Waals surface area contributed by atoms with Gasteiger partial charge in [0, 0.05) is 18.6 Å². The van der Waals surface area contributed by atoms with Crippen molar-refractivity contribution in [1.82, 2.24) is 5.32 Å². The van der Waals surface area contributed by atoms with E-state index in [-0.39, 0.29) is 5.54 Å². The summed E-state index contributed by atoms with van der Waals surface area (Å²) in [6.07, 6.45) is 0. The number of nitrogens with two attached hydrogens (primary N) is 1. The summed E-state index contributed by atoms with van der Waals surface area (Å²) in [5.74, 6) is 1.92. The predicted octanol–water partition coefficient (Wildman–Crippen LogP) is 1.54. The Bertz CT molecular complexity index is 394.